The predicted molar refractivity (Wildman–Crippen MR) is 83.5 cm³/mol. The van der Waals surface area contributed by atoms with Crippen molar-refractivity contribution in [2.45, 2.75) is 25.1 Å². The SMILES string of the molecule is CNC(c1ccc(C)cc1)C(C)SCCN(C)C. The van der Waals surface area contributed by atoms with Crippen molar-refractivity contribution in [2.24, 2.45) is 0 Å². The second-order valence-corrected chi connectivity index (χ2v) is 6.54. The molecule has 0 radical (unpaired) electrons. The van der Waals surface area contributed by atoms with Crippen molar-refractivity contribution in [3.05, 3.63) is 35.4 Å². The molecule has 0 spiro atoms. The Kier molecular flexibility index (Phi) is 6.76. The molecule has 0 saturated carbocycles. The van der Waals surface area contributed by atoms with Gasteiger partial charge < -0.3 is 10.2 Å². The minimum atomic E-state index is 0.428. The normalized spacial score (nSPS) is 14.8. The van der Waals surface area contributed by atoms with Gasteiger partial charge in [-0.1, -0.05) is 36.8 Å². The summed E-state index contributed by atoms with van der Waals surface area (Å²) in [6, 6.07) is 9.28. The maximum atomic E-state index is 3.44. The molecule has 1 N–H and O–H groups in total. The van der Waals surface area contributed by atoms with E-state index in [9.17, 15) is 0 Å². The van der Waals surface area contributed by atoms with E-state index in [0.717, 1.165) is 6.54 Å². The van der Waals surface area contributed by atoms with Gasteiger partial charge in [-0.25, -0.2) is 0 Å². The van der Waals surface area contributed by atoms with Crippen LogP contribution in [0.5, 0.6) is 0 Å². The van der Waals surface area contributed by atoms with E-state index in [0.29, 0.717) is 11.3 Å². The smallest absolute Gasteiger partial charge is 0.0435 e. The summed E-state index contributed by atoms with van der Waals surface area (Å²) in [4.78, 5) is 2.24. The van der Waals surface area contributed by atoms with E-state index in [1.807, 2.05) is 18.8 Å². The number of hydrogen-bond acceptors (Lipinski definition) is 3. The lowest BCUT2D eigenvalue weighted by atomic mass is 10.0. The molecular weight excluding hydrogens is 240 g/mol. The Bertz CT molecular complexity index is 335. The Hall–Kier alpha value is -0.510. The fourth-order valence-corrected chi connectivity index (χ4v) is 3.29. The summed E-state index contributed by atoms with van der Waals surface area (Å²) in [6.45, 7) is 5.58. The van der Waals surface area contributed by atoms with Gasteiger partial charge in [-0.3, -0.25) is 0 Å². The molecule has 3 heteroatoms. The Morgan fingerprint density at radius 3 is 2.33 bits per heavy atom. The van der Waals surface area contributed by atoms with Gasteiger partial charge in [0.15, 0.2) is 0 Å². The summed E-state index contributed by atoms with van der Waals surface area (Å²) in [5, 5.41) is 4.02. The van der Waals surface area contributed by atoms with Crippen LogP contribution < -0.4 is 5.32 Å². The molecule has 1 aromatic rings. The van der Waals surface area contributed by atoms with Gasteiger partial charge in [0.05, 0.1) is 0 Å². The topological polar surface area (TPSA) is 15.3 Å². The first-order valence-electron chi connectivity index (χ1n) is 6.54. The van der Waals surface area contributed by atoms with Gasteiger partial charge in [0.1, 0.15) is 0 Å². The van der Waals surface area contributed by atoms with E-state index in [1.54, 1.807) is 0 Å². The molecule has 2 atom stereocenters. The molecule has 1 aromatic carbocycles. The van der Waals surface area contributed by atoms with Crippen molar-refractivity contribution in [2.75, 3.05) is 33.4 Å². The molecule has 0 aliphatic rings. The first kappa shape index (κ1) is 15.5. The molecule has 2 nitrogen and oxygen atoms in total. The molecule has 0 aliphatic heterocycles. The average molecular weight is 266 g/mol. The van der Waals surface area contributed by atoms with Crippen LogP contribution in [0, 0.1) is 6.92 Å². The van der Waals surface area contributed by atoms with Gasteiger partial charge in [0.2, 0.25) is 0 Å². The van der Waals surface area contributed by atoms with Gasteiger partial charge in [0, 0.05) is 23.6 Å². The van der Waals surface area contributed by atoms with Crippen molar-refractivity contribution in [1.82, 2.24) is 10.2 Å². The summed E-state index contributed by atoms with van der Waals surface area (Å²) in [7, 11) is 6.30. The molecule has 0 saturated heterocycles. The number of nitrogens with one attached hydrogen (secondary N) is 1. The molecule has 0 heterocycles. The highest BCUT2D eigenvalue weighted by molar-refractivity contribution is 7.99. The van der Waals surface area contributed by atoms with Gasteiger partial charge >= 0.3 is 0 Å². The van der Waals surface area contributed by atoms with Crippen LogP contribution in [0.15, 0.2) is 24.3 Å². The third-order valence-electron chi connectivity index (χ3n) is 3.14. The molecule has 2 unspecified atom stereocenters. The van der Waals surface area contributed by atoms with Crippen molar-refractivity contribution < 1.29 is 0 Å². The molecule has 0 fully saturated rings. The zero-order valence-electron chi connectivity index (χ0n) is 12.2. The van der Waals surface area contributed by atoms with Crippen LogP contribution in [-0.4, -0.2) is 43.6 Å². The van der Waals surface area contributed by atoms with Crippen molar-refractivity contribution >= 4 is 11.8 Å². The predicted octanol–water partition coefficient (Wildman–Crippen LogP) is 2.94. The molecule has 0 aliphatic carbocycles. The maximum absolute atomic E-state index is 3.44. The third kappa shape index (κ3) is 5.01. The van der Waals surface area contributed by atoms with E-state index < -0.39 is 0 Å². The van der Waals surface area contributed by atoms with E-state index in [-0.39, 0.29) is 0 Å². The molecule has 0 aromatic heterocycles. The lowest BCUT2D eigenvalue weighted by molar-refractivity contribution is 0.437. The summed E-state index contributed by atoms with van der Waals surface area (Å²) < 4.78 is 0. The zero-order valence-corrected chi connectivity index (χ0v) is 13.1. The second-order valence-electron chi connectivity index (χ2n) is 5.06. The molecule has 1 rings (SSSR count). The number of benzene rings is 1. The third-order valence-corrected chi connectivity index (χ3v) is 4.35. The van der Waals surface area contributed by atoms with E-state index in [4.69, 9.17) is 0 Å². The lowest BCUT2D eigenvalue weighted by Crippen LogP contribution is -2.26. The molecular formula is C15H26N2S. The number of nitrogens with zero attached hydrogens (tertiary/aromatic N) is 1. The van der Waals surface area contributed by atoms with Crippen LogP contribution in [0.1, 0.15) is 24.1 Å². The number of thioether (sulfide) groups is 1. The summed E-state index contributed by atoms with van der Waals surface area (Å²) in [5.41, 5.74) is 2.70. The Balaban J connectivity index is 2.56. The minimum absolute atomic E-state index is 0.428. The number of rotatable bonds is 7. The van der Waals surface area contributed by atoms with Crippen LogP contribution in [-0.2, 0) is 0 Å². The standard InChI is InChI=1S/C15H26N2S/c1-12-6-8-14(9-7-12)15(16-3)13(2)18-11-10-17(4)5/h6-9,13,15-16H,10-11H2,1-5H3. The largest absolute Gasteiger partial charge is 0.312 e. The highest BCUT2D eigenvalue weighted by atomic mass is 32.2. The van der Waals surface area contributed by atoms with E-state index in [2.05, 4.69) is 62.4 Å². The van der Waals surface area contributed by atoms with E-state index in [1.165, 1.54) is 16.9 Å². The fourth-order valence-electron chi connectivity index (χ4n) is 1.96. The second kappa shape index (κ2) is 7.82. The van der Waals surface area contributed by atoms with Crippen LogP contribution in [0.4, 0.5) is 0 Å². The number of aryl methyl sites for hydroxylation is 1. The van der Waals surface area contributed by atoms with E-state index >= 15 is 0 Å². The Morgan fingerprint density at radius 1 is 1.22 bits per heavy atom. The zero-order chi connectivity index (χ0) is 13.5. The molecule has 0 bridgehead atoms. The highest BCUT2D eigenvalue weighted by Crippen LogP contribution is 2.26. The molecule has 18 heavy (non-hydrogen) atoms. The first-order valence-corrected chi connectivity index (χ1v) is 7.59. The maximum Gasteiger partial charge on any atom is 0.0435 e. The summed E-state index contributed by atoms with van der Waals surface area (Å²) in [6.07, 6.45) is 0. The van der Waals surface area contributed by atoms with Gasteiger partial charge in [-0.15, -0.1) is 0 Å². The van der Waals surface area contributed by atoms with Crippen LogP contribution in [0.25, 0.3) is 0 Å². The van der Waals surface area contributed by atoms with Crippen LogP contribution in [0.3, 0.4) is 0 Å². The highest BCUT2D eigenvalue weighted by Gasteiger charge is 2.17. The molecule has 0 amide bonds. The summed E-state index contributed by atoms with van der Waals surface area (Å²) >= 11 is 2.03. The monoisotopic (exact) mass is 266 g/mol. The first-order chi connectivity index (χ1) is 8.54. The van der Waals surface area contributed by atoms with Crippen LogP contribution >= 0.6 is 11.8 Å². The van der Waals surface area contributed by atoms with Gasteiger partial charge in [-0.05, 0) is 33.6 Å². The summed E-state index contributed by atoms with van der Waals surface area (Å²) in [5.74, 6) is 1.18. The average Bonchev–Trinajstić information content (AvgIpc) is 2.32. The fraction of sp³-hybridized carbons (Fsp3) is 0.600. The minimum Gasteiger partial charge on any atom is -0.312 e. The lowest BCUT2D eigenvalue weighted by Gasteiger charge is -2.24. The van der Waals surface area contributed by atoms with Crippen molar-refractivity contribution in [3.8, 4) is 0 Å². The van der Waals surface area contributed by atoms with Crippen molar-refractivity contribution in [3.63, 3.8) is 0 Å². The molecule has 102 valence electrons. The Labute approximate surface area is 116 Å². The number of hydrogen-bond donors (Lipinski definition) is 1. The quantitative estimate of drug-likeness (QED) is 0.817. The van der Waals surface area contributed by atoms with Crippen molar-refractivity contribution in [1.29, 1.82) is 0 Å². The van der Waals surface area contributed by atoms with Gasteiger partial charge in [-0.2, -0.15) is 11.8 Å². The Morgan fingerprint density at radius 2 is 1.83 bits per heavy atom. The van der Waals surface area contributed by atoms with Gasteiger partial charge in [0.25, 0.3) is 0 Å². The van der Waals surface area contributed by atoms with Crippen LogP contribution in [0.2, 0.25) is 0 Å².